The van der Waals surface area contributed by atoms with Crippen molar-refractivity contribution >= 4 is 30.7 Å². The largest absolute Gasteiger partial charge is 0.322 e. The Bertz CT molecular complexity index is 500. The van der Waals surface area contributed by atoms with E-state index in [0.29, 0.717) is 0 Å². The second kappa shape index (κ2) is 2.54. The molecule has 62 valence electrons. The highest BCUT2D eigenvalue weighted by molar-refractivity contribution is 7.29. The van der Waals surface area contributed by atoms with Crippen molar-refractivity contribution in [1.82, 2.24) is 0 Å². The molecule has 0 spiro atoms. The smallest absolute Gasteiger partial charge is 0.130 e. The summed E-state index contributed by atoms with van der Waals surface area (Å²) in [5.41, 5.74) is 2.28. The lowest BCUT2D eigenvalue weighted by Gasteiger charge is -2.11. The second-order valence-electron chi connectivity index (χ2n) is 2.99. The predicted octanol–water partition coefficient (Wildman–Crippen LogP) is 3.94. The average Bonchev–Trinajstić information content (AvgIpc) is 2.19. The third-order valence-electron chi connectivity index (χ3n) is 2.21. The van der Waals surface area contributed by atoms with Crippen LogP contribution < -0.4 is 5.09 Å². The molecular formula is C10H7N2P. The van der Waals surface area contributed by atoms with Crippen LogP contribution in [0.15, 0.2) is 41.1 Å². The summed E-state index contributed by atoms with van der Waals surface area (Å²) in [6.07, 6.45) is 0. The number of nitrogens with one attached hydrogen (secondary N) is 1. The first-order chi connectivity index (χ1) is 6.45. The van der Waals surface area contributed by atoms with Gasteiger partial charge in [0.05, 0.1) is 11.4 Å². The normalized spacial score (nSPS) is 14.2. The van der Waals surface area contributed by atoms with E-state index in [9.17, 15) is 0 Å². The minimum absolute atomic E-state index is 0.922. The lowest BCUT2D eigenvalue weighted by molar-refractivity contribution is 1.58. The molecule has 0 atom stereocenters. The van der Waals surface area contributed by atoms with E-state index in [2.05, 4.69) is 40.2 Å². The second-order valence-corrected chi connectivity index (χ2v) is 3.62. The van der Waals surface area contributed by atoms with E-state index in [0.717, 1.165) is 14.2 Å². The standard InChI is InChI=1S/C10H7N2P/c1-3-7-4-2-6-9-10(7)8(5-1)11-13-12-9/h1-6H,(H,11,12). The van der Waals surface area contributed by atoms with Crippen molar-refractivity contribution in [2.45, 2.75) is 0 Å². The third kappa shape index (κ3) is 0.958. The van der Waals surface area contributed by atoms with E-state index in [1.165, 1.54) is 16.5 Å². The van der Waals surface area contributed by atoms with Crippen molar-refractivity contribution in [3.63, 3.8) is 0 Å². The molecule has 0 bridgehead atoms. The van der Waals surface area contributed by atoms with Crippen molar-refractivity contribution < 1.29 is 0 Å². The maximum atomic E-state index is 4.37. The molecule has 0 saturated heterocycles. The minimum atomic E-state index is 0.922. The van der Waals surface area contributed by atoms with Crippen LogP contribution in [0.1, 0.15) is 0 Å². The maximum Gasteiger partial charge on any atom is 0.130 e. The highest BCUT2D eigenvalue weighted by Crippen LogP contribution is 2.38. The molecule has 1 N–H and O–H groups in total. The zero-order chi connectivity index (χ0) is 8.67. The first-order valence-electron chi connectivity index (χ1n) is 4.14. The van der Waals surface area contributed by atoms with E-state index >= 15 is 0 Å². The van der Waals surface area contributed by atoms with Crippen molar-refractivity contribution in [2.75, 3.05) is 5.09 Å². The number of anilines is 1. The molecule has 2 aromatic rings. The lowest BCUT2D eigenvalue weighted by atomic mass is 10.1. The molecule has 0 unspecified atom stereocenters. The highest BCUT2D eigenvalue weighted by atomic mass is 31.1. The monoisotopic (exact) mass is 186 g/mol. The van der Waals surface area contributed by atoms with Gasteiger partial charge in [-0.1, -0.05) is 24.3 Å². The average molecular weight is 186 g/mol. The molecule has 1 aliphatic heterocycles. The summed E-state index contributed by atoms with van der Waals surface area (Å²) < 4.78 is 4.37. The zero-order valence-electron chi connectivity index (χ0n) is 6.86. The predicted molar refractivity (Wildman–Crippen MR) is 56.6 cm³/mol. The van der Waals surface area contributed by atoms with Gasteiger partial charge in [0.15, 0.2) is 0 Å². The van der Waals surface area contributed by atoms with Gasteiger partial charge < -0.3 is 5.09 Å². The van der Waals surface area contributed by atoms with Crippen LogP contribution in [0.5, 0.6) is 0 Å². The van der Waals surface area contributed by atoms with Crippen LogP contribution in [0, 0.1) is 0 Å². The van der Waals surface area contributed by atoms with Crippen LogP contribution >= 0.6 is 8.52 Å². The summed E-state index contributed by atoms with van der Waals surface area (Å²) in [5.74, 6) is 0. The molecule has 3 heteroatoms. The van der Waals surface area contributed by atoms with Gasteiger partial charge in [-0.25, -0.2) is 4.74 Å². The van der Waals surface area contributed by atoms with Crippen LogP contribution in [0.4, 0.5) is 11.4 Å². The first kappa shape index (κ1) is 7.05. The highest BCUT2D eigenvalue weighted by Gasteiger charge is 2.07. The van der Waals surface area contributed by atoms with Gasteiger partial charge in [0.2, 0.25) is 0 Å². The summed E-state index contributed by atoms with van der Waals surface area (Å²) in [5, 5.41) is 5.72. The Morgan fingerprint density at radius 2 is 1.92 bits per heavy atom. The first-order valence-corrected chi connectivity index (χ1v) is 4.98. The molecule has 3 rings (SSSR count). The summed E-state index contributed by atoms with van der Waals surface area (Å²) in [6, 6.07) is 12.5. The number of hydrogen-bond acceptors (Lipinski definition) is 2. The van der Waals surface area contributed by atoms with E-state index < -0.39 is 0 Å². The third-order valence-corrected chi connectivity index (χ3v) is 2.87. The number of benzene rings is 2. The molecule has 0 radical (unpaired) electrons. The van der Waals surface area contributed by atoms with Gasteiger partial charge in [0, 0.05) is 5.39 Å². The summed E-state index contributed by atoms with van der Waals surface area (Å²) in [4.78, 5) is 0. The zero-order valence-corrected chi connectivity index (χ0v) is 7.75. The van der Waals surface area contributed by atoms with Gasteiger partial charge >= 0.3 is 0 Å². The molecule has 1 aliphatic rings. The van der Waals surface area contributed by atoms with E-state index in [1.807, 2.05) is 6.07 Å². The Morgan fingerprint density at radius 3 is 2.85 bits per heavy atom. The maximum absolute atomic E-state index is 4.37. The van der Waals surface area contributed by atoms with Crippen molar-refractivity contribution in [3.8, 4) is 0 Å². The van der Waals surface area contributed by atoms with E-state index in [1.54, 1.807) is 0 Å². The summed E-state index contributed by atoms with van der Waals surface area (Å²) >= 11 is 0. The van der Waals surface area contributed by atoms with Gasteiger partial charge in [-0.3, -0.25) is 0 Å². The Kier molecular flexibility index (Phi) is 1.38. The number of rotatable bonds is 0. The molecule has 0 fully saturated rings. The van der Waals surface area contributed by atoms with Crippen LogP contribution in [0.3, 0.4) is 0 Å². The Labute approximate surface area is 77.5 Å². The fourth-order valence-electron chi connectivity index (χ4n) is 1.63. The van der Waals surface area contributed by atoms with Gasteiger partial charge in [0.1, 0.15) is 8.52 Å². The molecule has 13 heavy (non-hydrogen) atoms. The number of nitrogens with zero attached hydrogens (tertiary/aromatic N) is 1. The Morgan fingerprint density at radius 1 is 1.08 bits per heavy atom. The summed E-state index contributed by atoms with van der Waals surface area (Å²) in [6.45, 7) is 0. The Hall–Kier alpha value is -1.40. The van der Waals surface area contributed by atoms with Crippen LogP contribution in [-0.4, -0.2) is 0 Å². The molecule has 2 nitrogen and oxygen atoms in total. The van der Waals surface area contributed by atoms with Crippen LogP contribution in [0.2, 0.25) is 0 Å². The molecule has 0 saturated carbocycles. The van der Waals surface area contributed by atoms with Gasteiger partial charge in [-0.2, -0.15) is 0 Å². The fraction of sp³-hybridized carbons (Fsp3) is 0. The Balaban J connectivity index is 2.56. The molecule has 0 aromatic heterocycles. The van der Waals surface area contributed by atoms with Crippen LogP contribution in [-0.2, 0) is 0 Å². The van der Waals surface area contributed by atoms with E-state index in [-0.39, 0.29) is 0 Å². The summed E-state index contributed by atoms with van der Waals surface area (Å²) in [7, 11) is 0.922. The quantitative estimate of drug-likeness (QED) is 0.619. The van der Waals surface area contributed by atoms with E-state index in [4.69, 9.17) is 0 Å². The topological polar surface area (TPSA) is 24.4 Å². The molecular weight excluding hydrogens is 179 g/mol. The molecule has 2 aromatic carbocycles. The lowest BCUT2D eigenvalue weighted by Crippen LogP contribution is -1.86. The molecule has 0 amide bonds. The SMILES string of the molecule is c1cc2c3c(cccc3c1)NP=N2. The van der Waals surface area contributed by atoms with Crippen LogP contribution in [0.25, 0.3) is 10.8 Å². The fourth-order valence-corrected chi connectivity index (χ4v) is 2.25. The van der Waals surface area contributed by atoms with Gasteiger partial charge in [-0.05, 0) is 17.5 Å². The van der Waals surface area contributed by atoms with Gasteiger partial charge in [-0.15, -0.1) is 0 Å². The minimum Gasteiger partial charge on any atom is -0.322 e. The molecule has 0 aliphatic carbocycles. The van der Waals surface area contributed by atoms with Crippen molar-refractivity contribution in [2.24, 2.45) is 4.74 Å². The van der Waals surface area contributed by atoms with Crippen molar-refractivity contribution in [1.29, 1.82) is 0 Å². The number of hydrogen-bond donors (Lipinski definition) is 1. The molecule has 1 heterocycles. The van der Waals surface area contributed by atoms with Gasteiger partial charge in [0.25, 0.3) is 0 Å². The van der Waals surface area contributed by atoms with Crippen molar-refractivity contribution in [3.05, 3.63) is 36.4 Å².